The highest BCUT2D eigenvalue weighted by Gasteiger charge is 2.35. The van der Waals surface area contributed by atoms with Crippen LogP contribution in [0.15, 0.2) is 30.9 Å². The van der Waals surface area contributed by atoms with Crippen molar-refractivity contribution < 1.29 is 18.1 Å². The lowest BCUT2D eigenvalue weighted by Gasteiger charge is -2.16. The van der Waals surface area contributed by atoms with E-state index >= 15 is 0 Å². The Balaban J connectivity index is 3.25. The molecule has 0 aliphatic rings. The molecular formula is C11H11F3N2O2. The Hall–Kier alpha value is -2.05. The van der Waals surface area contributed by atoms with Gasteiger partial charge in [-0.05, 0) is 13.0 Å². The van der Waals surface area contributed by atoms with Crippen molar-refractivity contribution in [1.82, 2.24) is 0 Å². The van der Waals surface area contributed by atoms with Gasteiger partial charge in [-0.1, -0.05) is 6.08 Å². The first-order valence-corrected chi connectivity index (χ1v) is 5.00. The van der Waals surface area contributed by atoms with E-state index in [4.69, 9.17) is 0 Å². The molecule has 7 heteroatoms. The zero-order chi connectivity index (χ0) is 13.9. The Morgan fingerprint density at radius 2 is 2.11 bits per heavy atom. The van der Waals surface area contributed by atoms with Crippen molar-refractivity contribution >= 4 is 11.4 Å². The van der Waals surface area contributed by atoms with Crippen LogP contribution >= 0.6 is 0 Å². The van der Waals surface area contributed by atoms with Crippen LogP contribution in [0.25, 0.3) is 0 Å². The van der Waals surface area contributed by atoms with Crippen LogP contribution in [-0.2, 0) is 6.18 Å². The molecule has 0 aliphatic heterocycles. The van der Waals surface area contributed by atoms with Gasteiger partial charge >= 0.3 is 6.18 Å². The van der Waals surface area contributed by atoms with Crippen molar-refractivity contribution in [2.75, 3.05) is 5.32 Å². The van der Waals surface area contributed by atoms with E-state index in [1.807, 2.05) is 0 Å². The lowest BCUT2D eigenvalue weighted by Crippen LogP contribution is -2.16. The van der Waals surface area contributed by atoms with Crippen molar-refractivity contribution in [3.63, 3.8) is 0 Å². The third kappa shape index (κ3) is 3.22. The van der Waals surface area contributed by atoms with Gasteiger partial charge in [0.15, 0.2) is 0 Å². The number of nitrogens with zero attached hydrogens (tertiary/aromatic N) is 1. The predicted octanol–water partition coefficient (Wildman–Crippen LogP) is 3.60. The molecule has 1 N–H and O–H groups in total. The first-order valence-electron chi connectivity index (χ1n) is 5.00. The van der Waals surface area contributed by atoms with E-state index in [0.717, 1.165) is 12.1 Å². The van der Waals surface area contributed by atoms with Crippen molar-refractivity contribution in [3.8, 4) is 0 Å². The molecule has 18 heavy (non-hydrogen) atoms. The van der Waals surface area contributed by atoms with Crippen LogP contribution in [0, 0.1) is 10.1 Å². The van der Waals surface area contributed by atoms with Gasteiger partial charge in [-0.15, -0.1) is 6.58 Å². The zero-order valence-electron chi connectivity index (χ0n) is 9.49. The van der Waals surface area contributed by atoms with E-state index in [2.05, 4.69) is 11.9 Å². The summed E-state index contributed by atoms with van der Waals surface area (Å²) in [7, 11) is 0. The Kier molecular flexibility index (Phi) is 3.95. The van der Waals surface area contributed by atoms with Gasteiger partial charge in [0.1, 0.15) is 0 Å². The molecule has 4 nitrogen and oxygen atoms in total. The first-order chi connectivity index (χ1) is 8.25. The maximum atomic E-state index is 12.8. The smallest absolute Gasteiger partial charge is 0.379 e. The van der Waals surface area contributed by atoms with Crippen molar-refractivity contribution in [3.05, 3.63) is 46.5 Å². The quantitative estimate of drug-likeness (QED) is 0.511. The van der Waals surface area contributed by atoms with Crippen LogP contribution in [-0.4, -0.2) is 11.0 Å². The van der Waals surface area contributed by atoms with Crippen molar-refractivity contribution in [2.24, 2.45) is 0 Å². The normalized spacial score (nSPS) is 12.9. The lowest BCUT2D eigenvalue weighted by molar-refractivity contribution is -0.385. The summed E-state index contributed by atoms with van der Waals surface area (Å²) in [5.74, 6) is 0. The summed E-state index contributed by atoms with van der Waals surface area (Å²) in [6.07, 6.45) is -3.23. The highest BCUT2D eigenvalue weighted by Crippen LogP contribution is 2.37. The van der Waals surface area contributed by atoms with Crippen molar-refractivity contribution in [1.29, 1.82) is 0 Å². The standard InChI is InChI=1S/C11H11F3N2O2/c1-3-7(2)15-10-5-4-8(16(17)18)6-9(10)11(12,13)14/h3-7,15H,1H2,2H3. The van der Waals surface area contributed by atoms with Gasteiger partial charge < -0.3 is 5.32 Å². The Labute approximate surface area is 101 Å². The minimum Gasteiger partial charge on any atom is -0.379 e. The Morgan fingerprint density at radius 3 is 2.56 bits per heavy atom. The predicted molar refractivity (Wildman–Crippen MR) is 61.4 cm³/mol. The number of non-ortho nitro benzene ring substituents is 1. The van der Waals surface area contributed by atoms with Gasteiger partial charge in [-0.3, -0.25) is 10.1 Å². The molecule has 0 saturated carbocycles. The number of alkyl halides is 3. The first kappa shape index (κ1) is 14.0. The minimum absolute atomic E-state index is 0.208. The van der Waals surface area contributed by atoms with Crippen LogP contribution < -0.4 is 5.32 Å². The number of nitro benzene ring substituents is 1. The summed E-state index contributed by atoms with van der Waals surface area (Å²) in [4.78, 5) is 9.61. The van der Waals surface area contributed by atoms with E-state index in [0.29, 0.717) is 6.07 Å². The number of hydrogen-bond acceptors (Lipinski definition) is 3. The summed E-state index contributed by atoms with van der Waals surface area (Å²) in [6, 6.07) is 2.19. The summed E-state index contributed by atoms with van der Waals surface area (Å²) in [6.45, 7) is 5.06. The van der Waals surface area contributed by atoms with E-state index < -0.39 is 22.4 Å². The number of anilines is 1. The molecule has 0 spiro atoms. The third-order valence-electron chi connectivity index (χ3n) is 2.26. The van der Waals surface area contributed by atoms with Gasteiger partial charge in [-0.25, -0.2) is 0 Å². The summed E-state index contributed by atoms with van der Waals surface area (Å²) in [5.41, 5.74) is -1.87. The van der Waals surface area contributed by atoms with Gasteiger partial charge in [0.05, 0.1) is 10.5 Å². The second-order valence-corrected chi connectivity index (χ2v) is 3.65. The molecule has 1 atom stereocenters. The number of rotatable bonds is 4. The van der Waals surface area contributed by atoms with E-state index in [1.54, 1.807) is 6.92 Å². The molecule has 0 saturated heterocycles. The second kappa shape index (κ2) is 5.07. The number of nitrogens with one attached hydrogen (secondary N) is 1. The Bertz CT molecular complexity index is 472. The molecule has 0 aliphatic carbocycles. The molecule has 0 radical (unpaired) electrons. The maximum Gasteiger partial charge on any atom is 0.418 e. The topological polar surface area (TPSA) is 55.2 Å². The number of nitro groups is 1. The maximum absolute atomic E-state index is 12.8. The van der Waals surface area contributed by atoms with Crippen LogP contribution in [0.1, 0.15) is 12.5 Å². The fourth-order valence-corrected chi connectivity index (χ4v) is 1.31. The Morgan fingerprint density at radius 1 is 1.50 bits per heavy atom. The summed E-state index contributed by atoms with van der Waals surface area (Å²) < 4.78 is 38.3. The number of halogens is 3. The molecule has 0 heterocycles. The summed E-state index contributed by atoms with van der Waals surface area (Å²) in [5, 5.41) is 13.0. The van der Waals surface area contributed by atoms with Crippen LogP contribution in [0.3, 0.4) is 0 Å². The van der Waals surface area contributed by atoms with Crippen LogP contribution in [0.4, 0.5) is 24.5 Å². The number of hydrogen-bond donors (Lipinski definition) is 1. The second-order valence-electron chi connectivity index (χ2n) is 3.65. The largest absolute Gasteiger partial charge is 0.418 e. The highest BCUT2D eigenvalue weighted by molar-refractivity contribution is 5.58. The van der Waals surface area contributed by atoms with Crippen LogP contribution in [0.2, 0.25) is 0 Å². The third-order valence-corrected chi connectivity index (χ3v) is 2.26. The molecule has 1 aromatic rings. The van der Waals surface area contributed by atoms with Crippen LogP contribution in [0.5, 0.6) is 0 Å². The van der Waals surface area contributed by atoms with E-state index in [1.165, 1.54) is 6.08 Å². The molecule has 0 amide bonds. The molecule has 1 rings (SSSR count). The molecule has 0 aromatic heterocycles. The monoisotopic (exact) mass is 260 g/mol. The van der Waals surface area contributed by atoms with E-state index in [-0.39, 0.29) is 11.7 Å². The molecule has 1 unspecified atom stereocenters. The fraction of sp³-hybridized carbons (Fsp3) is 0.273. The lowest BCUT2D eigenvalue weighted by atomic mass is 10.1. The van der Waals surface area contributed by atoms with Crippen molar-refractivity contribution in [2.45, 2.75) is 19.1 Å². The highest BCUT2D eigenvalue weighted by atomic mass is 19.4. The molecule has 0 fully saturated rings. The molecule has 1 aromatic carbocycles. The van der Waals surface area contributed by atoms with Gasteiger partial charge in [0.2, 0.25) is 0 Å². The molecular weight excluding hydrogens is 249 g/mol. The van der Waals surface area contributed by atoms with Gasteiger partial charge in [0, 0.05) is 23.9 Å². The number of benzene rings is 1. The zero-order valence-corrected chi connectivity index (χ0v) is 9.49. The van der Waals surface area contributed by atoms with Gasteiger partial charge in [0.25, 0.3) is 5.69 Å². The SMILES string of the molecule is C=CC(C)Nc1ccc([N+](=O)[O-])cc1C(F)(F)F. The molecule has 0 bridgehead atoms. The minimum atomic E-state index is -4.66. The fourth-order valence-electron chi connectivity index (χ4n) is 1.31. The van der Waals surface area contributed by atoms with Gasteiger partial charge in [-0.2, -0.15) is 13.2 Å². The summed E-state index contributed by atoms with van der Waals surface area (Å²) >= 11 is 0. The average molecular weight is 260 g/mol. The van der Waals surface area contributed by atoms with E-state index in [9.17, 15) is 23.3 Å². The molecule has 98 valence electrons. The average Bonchev–Trinajstić information content (AvgIpc) is 2.27.